The first-order valence-electron chi connectivity index (χ1n) is 10.8. The van der Waals surface area contributed by atoms with Crippen LogP contribution in [0.15, 0.2) is 42.5 Å². The van der Waals surface area contributed by atoms with Crippen LogP contribution in [0.25, 0.3) is 0 Å². The third-order valence-electron chi connectivity index (χ3n) is 4.85. The fourth-order valence-electron chi connectivity index (χ4n) is 3.06. The van der Waals surface area contributed by atoms with Gasteiger partial charge in [0.2, 0.25) is 11.7 Å². The highest BCUT2D eigenvalue weighted by molar-refractivity contribution is 5.95. The summed E-state index contributed by atoms with van der Waals surface area (Å²) in [5, 5.41) is 15.7. The van der Waals surface area contributed by atoms with Gasteiger partial charge < -0.3 is 20.5 Å². The first-order valence-corrected chi connectivity index (χ1v) is 10.8. The molecule has 0 bridgehead atoms. The molecule has 35 heavy (non-hydrogen) atoms. The largest absolute Gasteiger partial charge is 0.491 e. The number of aromatic nitrogens is 3. The summed E-state index contributed by atoms with van der Waals surface area (Å²) in [7, 11) is 1.73. The highest BCUT2D eigenvalue weighted by atomic mass is 19.1. The zero-order chi connectivity index (χ0) is 25.6. The van der Waals surface area contributed by atoms with Crippen molar-refractivity contribution >= 4 is 17.5 Å². The van der Waals surface area contributed by atoms with Gasteiger partial charge in [-0.2, -0.15) is 0 Å². The standard InChI is InChI=1S/C15H17NO3.C10H9FN4O/c1-15(2,18)8-6-11-4-5-13-12(10-11)16(3)14(17)7-9-19-13;11-7-4-2-1-3-6(7)5-8-13-10(9(12)16)15-14-8/h4-5,10,18H,7,9H2,1-3H3;1-4H,5H2,(H2,12,16)(H,13,14,15). The first kappa shape index (κ1) is 25.4. The van der Waals surface area contributed by atoms with Crippen molar-refractivity contribution in [3.63, 3.8) is 0 Å². The lowest BCUT2D eigenvalue weighted by Crippen LogP contribution is -2.25. The van der Waals surface area contributed by atoms with Gasteiger partial charge >= 0.3 is 0 Å². The summed E-state index contributed by atoms with van der Waals surface area (Å²) in [4.78, 5) is 27.9. The van der Waals surface area contributed by atoms with Crippen LogP contribution in [0.4, 0.5) is 10.1 Å². The monoisotopic (exact) mass is 479 g/mol. The van der Waals surface area contributed by atoms with E-state index in [-0.39, 0.29) is 24.0 Å². The number of carbonyl (C=O) groups is 2. The molecular weight excluding hydrogens is 453 g/mol. The van der Waals surface area contributed by atoms with Crippen LogP contribution in [0.1, 0.15) is 47.8 Å². The van der Waals surface area contributed by atoms with E-state index in [1.54, 1.807) is 56.1 Å². The smallest absolute Gasteiger partial charge is 0.288 e. The van der Waals surface area contributed by atoms with Crippen molar-refractivity contribution < 1.29 is 23.8 Å². The van der Waals surface area contributed by atoms with Gasteiger partial charge in [-0.25, -0.2) is 9.37 Å². The molecule has 3 aromatic rings. The SMILES string of the molecule is CN1C(=O)CCOc2ccc(C#CC(C)(C)O)cc21.NC(=O)c1n[nH]c(Cc2ccccc2F)n1. The minimum absolute atomic E-state index is 0.0198. The van der Waals surface area contributed by atoms with E-state index in [0.717, 1.165) is 5.56 Å². The number of hydrogen-bond acceptors (Lipinski definition) is 6. The summed E-state index contributed by atoms with van der Waals surface area (Å²) in [5.74, 6) is 5.63. The number of halogens is 1. The Morgan fingerprint density at radius 3 is 2.71 bits per heavy atom. The Labute approximate surface area is 202 Å². The minimum Gasteiger partial charge on any atom is -0.491 e. The molecule has 182 valence electrons. The quantitative estimate of drug-likeness (QED) is 0.493. The topological polar surface area (TPSA) is 134 Å². The van der Waals surface area contributed by atoms with Gasteiger partial charge in [-0.3, -0.25) is 14.7 Å². The third-order valence-corrected chi connectivity index (χ3v) is 4.85. The zero-order valence-electron chi connectivity index (χ0n) is 19.6. The molecular formula is C25H26FN5O4. The number of nitrogens with one attached hydrogen (secondary N) is 1. The van der Waals surface area contributed by atoms with E-state index in [0.29, 0.717) is 35.9 Å². The number of H-pyrrole nitrogens is 1. The van der Waals surface area contributed by atoms with Crippen LogP contribution in [0.2, 0.25) is 0 Å². The Bertz CT molecular complexity index is 1290. The van der Waals surface area contributed by atoms with Crippen LogP contribution in [0.3, 0.4) is 0 Å². The van der Waals surface area contributed by atoms with Gasteiger partial charge in [-0.15, -0.1) is 5.10 Å². The van der Waals surface area contributed by atoms with Gasteiger partial charge in [-0.05, 0) is 43.7 Å². The molecule has 2 amide bonds. The Hall–Kier alpha value is -4.23. The van der Waals surface area contributed by atoms with Crippen molar-refractivity contribution in [2.45, 2.75) is 32.3 Å². The second-order valence-electron chi connectivity index (χ2n) is 8.28. The molecule has 0 aliphatic carbocycles. The normalized spacial score (nSPS) is 12.8. The molecule has 2 heterocycles. The van der Waals surface area contributed by atoms with E-state index in [4.69, 9.17) is 10.5 Å². The van der Waals surface area contributed by atoms with Crippen molar-refractivity contribution in [3.05, 3.63) is 71.1 Å². The maximum atomic E-state index is 13.3. The molecule has 0 saturated heterocycles. The Morgan fingerprint density at radius 2 is 2.06 bits per heavy atom. The third kappa shape index (κ3) is 7.12. The second kappa shape index (κ2) is 10.8. The lowest BCUT2D eigenvalue weighted by Gasteiger charge is -2.16. The van der Waals surface area contributed by atoms with Crippen molar-refractivity contribution in [3.8, 4) is 17.6 Å². The highest BCUT2D eigenvalue weighted by Crippen LogP contribution is 2.31. The maximum Gasteiger partial charge on any atom is 0.288 e. The molecule has 0 saturated carbocycles. The molecule has 9 nitrogen and oxygen atoms in total. The fraction of sp³-hybridized carbons (Fsp3) is 0.280. The number of aliphatic hydroxyl groups is 1. The number of rotatable bonds is 3. The Morgan fingerprint density at radius 1 is 1.31 bits per heavy atom. The van der Waals surface area contributed by atoms with Crippen LogP contribution in [-0.2, 0) is 11.2 Å². The number of nitrogens with zero attached hydrogens (tertiary/aromatic N) is 3. The van der Waals surface area contributed by atoms with E-state index in [2.05, 4.69) is 27.0 Å². The summed E-state index contributed by atoms with van der Waals surface area (Å²) in [6.45, 7) is 3.65. The number of benzene rings is 2. The number of anilines is 1. The van der Waals surface area contributed by atoms with Gasteiger partial charge in [0.05, 0.1) is 18.7 Å². The summed E-state index contributed by atoms with van der Waals surface area (Å²) in [6.07, 6.45) is 0.614. The predicted molar refractivity (Wildman–Crippen MR) is 127 cm³/mol. The number of hydrogen-bond donors (Lipinski definition) is 3. The van der Waals surface area contributed by atoms with E-state index < -0.39 is 11.5 Å². The molecule has 0 unspecified atom stereocenters. The van der Waals surface area contributed by atoms with E-state index in [1.807, 2.05) is 6.07 Å². The highest BCUT2D eigenvalue weighted by Gasteiger charge is 2.20. The Balaban J connectivity index is 0.000000198. The van der Waals surface area contributed by atoms with E-state index in [1.165, 1.54) is 6.07 Å². The van der Waals surface area contributed by atoms with Gasteiger partial charge in [0.25, 0.3) is 5.91 Å². The zero-order valence-corrected chi connectivity index (χ0v) is 19.6. The van der Waals surface area contributed by atoms with Crippen LogP contribution in [-0.4, -0.2) is 51.4 Å². The van der Waals surface area contributed by atoms with Crippen molar-refractivity contribution in [1.82, 2.24) is 15.2 Å². The summed E-state index contributed by atoms with van der Waals surface area (Å²) in [6, 6.07) is 11.8. The summed E-state index contributed by atoms with van der Waals surface area (Å²) in [5.41, 5.74) is 5.89. The van der Waals surface area contributed by atoms with Gasteiger partial charge in [-0.1, -0.05) is 30.0 Å². The summed E-state index contributed by atoms with van der Waals surface area (Å²) >= 11 is 0. The van der Waals surface area contributed by atoms with Crippen molar-refractivity contribution in [1.29, 1.82) is 0 Å². The van der Waals surface area contributed by atoms with E-state index >= 15 is 0 Å². The molecule has 2 aromatic carbocycles. The number of ether oxygens (including phenoxy) is 1. The average molecular weight is 480 g/mol. The number of amides is 2. The Kier molecular flexibility index (Phi) is 7.83. The summed E-state index contributed by atoms with van der Waals surface area (Å²) < 4.78 is 18.8. The van der Waals surface area contributed by atoms with Crippen molar-refractivity contribution in [2.75, 3.05) is 18.6 Å². The molecule has 10 heteroatoms. The average Bonchev–Trinajstić information content (AvgIpc) is 3.23. The van der Waals surface area contributed by atoms with Gasteiger partial charge in [0.15, 0.2) is 0 Å². The van der Waals surface area contributed by atoms with Gasteiger partial charge in [0.1, 0.15) is 23.0 Å². The van der Waals surface area contributed by atoms with Gasteiger partial charge in [0, 0.05) is 19.0 Å². The minimum atomic E-state index is -1.04. The lowest BCUT2D eigenvalue weighted by molar-refractivity contribution is -0.118. The first-order chi connectivity index (χ1) is 16.5. The molecule has 1 aliphatic rings. The molecule has 4 rings (SSSR count). The molecule has 0 spiro atoms. The van der Waals surface area contributed by atoms with Crippen LogP contribution in [0, 0.1) is 17.7 Å². The number of primary amides is 1. The molecule has 1 aromatic heterocycles. The molecule has 1 aliphatic heterocycles. The molecule has 0 radical (unpaired) electrons. The maximum absolute atomic E-state index is 13.3. The molecule has 0 atom stereocenters. The molecule has 4 N–H and O–H groups in total. The number of aromatic amines is 1. The fourth-order valence-corrected chi connectivity index (χ4v) is 3.06. The second-order valence-corrected chi connectivity index (χ2v) is 8.28. The van der Waals surface area contributed by atoms with Crippen LogP contribution >= 0.6 is 0 Å². The van der Waals surface area contributed by atoms with Crippen LogP contribution < -0.4 is 15.4 Å². The number of carbonyl (C=O) groups excluding carboxylic acids is 2. The molecule has 0 fully saturated rings. The van der Waals surface area contributed by atoms with E-state index in [9.17, 15) is 19.1 Å². The van der Waals surface area contributed by atoms with Crippen LogP contribution in [0.5, 0.6) is 5.75 Å². The lowest BCUT2D eigenvalue weighted by atomic mass is 10.1. The predicted octanol–water partition coefficient (Wildman–Crippen LogP) is 2.19. The number of nitrogens with two attached hydrogens (primary N) is 1. The number of fused-ring (bicyclic) bond motifs is 1. The van der Waals surface area contributed by atoms with Crippen molar-refractivity contribution in [2.24, 2.45) is 5.73 Å².